The molecule has 1 amide bonds. The maximum atomic E-state index is 13.7. The molecule has 24 heavy (non-hydrogen) atoms. The molecular formula is C15H11ClFN3O3S. The van der Waals surface area contributed by atoms with Gasteiger partial charge in [0.05, 0.1) is 22.1 Å². The molecule has 6 nitrogen and oxygen atoms in total. The van der Waals surface area contributed by atoms with Gasteiger partial charge in [-0.25, -0.2) is 9.18 Å². The van der Waals surface area contributed by atoms with Crippen molar-refractivity contribution >= 4 is 34.5 Å². The molecule has 0 aliphatic carbocycles. The Morgan fingerprint density at radius 2 is 2.21 bits per heavy atom. The third-order valence-electron chi connectivity index (χ3n) is 3.11. The molecular weight excluding hydrogens is 357 g/mol. The van der Waals surface area contributed by atoms with Crippen LogP contribution in [0.3, 0.4) is 0 Å². The number of amides is 1. The number of halogens is 2. The van der Waals surface area contributed by atoms with Gasteiger partial charge in [0.2, 0.25) is 5.91 Å². The fourth-order valence-corrected chi connectivity index (χ4v) is 2.79. The van der Waals surface area contributed by atoms with E-state index in [0.717, 1.165) is 9.56 Å². The Balaban J connectivity index is 1.64. The Morgan fingerprint density at radius 1 is 1.38 bits per heavy atom. The van der Waals surface area contributed by atoms with Crippen molar-refractivity contribution in [3.05, 3.63) is 57.1 Å². The summed E-state index contributed by atoms with van der Waals surface area (Å²) in [4.78, 5) is 24.4. The van der Waals surface area contributed by atoms with E-state index in [9.17, 15) is 14.0 Å². The van der Waals surface area contributed by atoms with E-state index in [0.29, 0.717) is 0 Å². The molecule has 1 aromatic carbocycles. The van der Waals surface area contributed by atoms with Gasteiger partial charge in [-0.05, 0) is 23.6 Å². The van der Waals surface area contributed by atoms with Crippen LogP contribution in [-0.4, -0.2) is 15.7 Å². The summed E-state index contributed by atoms with van der Waals surface area (Å²) in [6.07, 6.45) is -0.0672. The second-order valence-electron chi connectivity index (χ2n) is 4.77. The van der Waals surface area contributed by atoms with Crippen LogP contribution in [0.2, 0.25) is 5.02 Å². The number of hydrogen-bond acceptors (Lipinski definition) is 5. The fraction of sp³-hybridized carbons (Fsp3) is 0.133. The van der Waals surface area contributed by atoms with Gasteiger partial charge in [0, 0.05) is 6.42 Å². The fourth-order valence-electron chi connectivity index (χ4n) is 1.97. The van der Waals surface area contributed by atoms with Gasteiger partial charge >= 0.3 is 5.76 Å². The number of rotatable bonds is 5. The highest BCUT2D eigenvalue weighted by Crippen LogP contribution is 2.22. The molecule has 124 valence electrons. The molecule has 0 saturated carbocycles. The lowest BCUT2D eigenvalue weighted by Crippen LogP contribution is -2.21. The van der Waals surface area contributed by atoms with E-state index in [-0.39, 0.29) is 29.6 Å². The Kier molecular flexibility index (Phi) is 4.77. The highest BCUT2D eigenvalue weighted by molar-refractivity contribution is 7.13. The predicted molar refractivity (Wildman–Crippen MR) is 88.7 cm³/mol. The molecule has 3 rings (SSSR count). The first-order valence-electron chi connectivity index (χ1n) is 6.90. The number of benzene rings is 1. The second-order valence-corrected chi connectivity index (χ2v) is 6.13. The lowest BCUT2D eigenvalue weighted by atomic mass is 10.3. The van der Waals surface area contributed by atoms with Crippen LogP contribution in [0.25, 0.3) is 10.8 Å². The standard InChI is InChI=1S/C15H11ClFN3O3S/c16-9-3-1-4-10(13(9)17)18-12(21)6-7-20-15(22)23-14(19-20)11-5-2-8-24-11/h1-5,8H,6-7H2,(H,18,21). The first kappa shape index (κ1) is 16.4. The number of anilines is 1. The summed E-state index contributed by atoms with van der Waals surface area (Å²) < 4.78 is 19.8. The first-order valence-corrected chi connectivity index (χ1v) is 8.16. The van der Waals surface area contributed by atoms with E-state index in [1.807, 2.05) is 11.4 Å². The zero-order valence-corrected chi connectivity index (χ0v) is 13.7. The Labute approximate surface area is 144 Å². The maximum Gasteiger partial charge on any atom is 0.437 e. The van der Waals surface area contributed by atoms with E-state index in [4.69, 9.17) is 16.0 Å². The number of nitrogens with one attached hydrogen (secondary N) is 1. The molecule has 0 bridgehead atoms. The molecule has 0 spiro atoms. The van der Waals surface area contributed by atoms with Gasteiger partial charge in [-0.1, -0.05) is 23.7 Å². The van der Waals surface area contributed by atoms with Crippen LogP contribution in [0, 0.1) is 5.82 Å². The van der Waals surface area contributed by atoms with Crippen molar-refractivity contribution in [3.8, 4) is 10.8 Å². The molecule has 0 aliphatic heterocycles. The summed E-state index contributed by atoms with van der Waals surface area (Å²) >= 11 is 7.03. The minimum atomic E-state index is -0.703. The van der Waals surface area contributed by atoms with Gasteiger partial charge in [0.25, 0.3) is 5.89 Å². The summed E-state index contributed by atoms with van der Waals surface area (Å²) in [5, 5.41) is 8.19. The molecule has 0 aliphatic rings. The Bertz CT molecular complexity index is 920. The Morgan fingerprint density at radius 3 is 2.96 bits per heavy atom. The summed E-state index contributed by atoms with van der Waals surface area (Å²) in [7, 11) is 0. The summed E-state index contributed by atoms with van der Waals surface area (Å²) in [6, 6.07) is 7.89. The first-order chi connectivity index (χ1) is 11.5. The number of nitrogens with zero attached hydrogens (tertiary/aromatic N) is 2. The molecule has 9 heteroatoms. The van der Waals surface area contributed by atoms with E-state index >= 15 is 0 Å². The summed E-state index contributed by atoms with van der Waals surface area (Å²) in [6.45, 7) is 0.0156. The average Bonchev–Trinajstić information content (AvgIpc) is 3.19. The third-order valence-corrected chi connectivity index (χ3v) is 4.26. The highest BCUT2D eigenvalue weighted by atomic mass is 35.5. The predicted octanol–water partition coefficient (Wildman–Crippen LogP) is 3.39. The molecule has 2 heterocycles. The van der Waals surface area contributed by atoms with Crippen molar-refractivity contribution in [1.29, 1.82) is 0 Å². The number of hydrogen-bond donors (Lipinski definition) is 1. The van der Waals surface area contributed by atoms with E-state index in [1.165, 1.54) is 29.5 Å². The van der Waals surface area contributed by atoms with Crippen LogP contribution < -0.4 is 11.1 Å². The molecule has 0 saturated heterocycles. The van der Waals surface area contributed by atoms with Gasteiger partial charge < -0.3 is 9.73 Å². The van der Waals surface area contributed by atoms with Crippen molar-refractivity contribution < 1.29 is 13.6 Å². The SMILES string of the molecule is O=C(CCn1nc(-c2cccs2)oc1=O)Nc1cccc(Cl)c1F. The molecule has 1 N–H and O–H groups in total. The summed E-state index contributed by atoms with van der Waals surface area (Å²) in [5.41, 5.74) is -0.0146. The van der Waals surface area contributed by atoms with Gasteiger partial charge in [-0.3, -0.25) is 4.79 Å². The molecule has 2 aromatic heterocycles. The number of carbonyl (C=O) groups excluding carboxylic acids is 1. The zero-order chi connectivity index (χ0) is 17.1. The van der Waals surface area contributed by atoms with Gasteiger partial charge in [-0.2, -0.15) is 4.68 Å². The zero-order valence-electron chi connectivity index (χ0n) is 12.2. The van der Waals surface area contributed by atoms with Gasteiger partial charge in [0.1, 0.15) is 0 Å². The maximum absolute atomic E-state index is 13.7. The minimum absolute atomic E-state index is 0.0146. The third kappa shape index (κ3) is 3.55. The van der Waals surface area contributed by atoms with Crippen LogP contribution in [0.1, 0.15) is 6.42 Å². The van der Waals surface area contributed by atoms with Crippen LogP contribution >= 0.6 is 22.9 Å². The van der Waals surface area contributed by atoms with E-state index in [1.54, 1.807) is 6.07 Å². The average molecular weight is 368 g/mol. The quantitative estimate of drug-likeness (QED) is 0.749. The van der Waals surface area contributed by atoms with Crippen LogP contribution in [0.5, 0.6) is 0 Å². The normalized spacial score (nSPS) is 10.8. The number of thiophene rings is 1. The van der Waals surface area contributed by atoms with Gasteiger partial charge in [-0.15, -0.1) is 16.4 Å². The minimum Gasteiger partial charge on any atom is -0.387 e. The number of carbonyl (C=O) groups is 1. The van der Waals surface area contributed by atoms with Crippen LogP contribution in [0.4, 0.5) is 10.1 Å². The summed E-state index contributed by atoms with van der Waals surface area (Å²) in [5.74, 6) is -1.62. The van der Waals surface area contributed by atoms with Crippen LogP contribution in [-0.2, 0) is 11.3 Å². The molecule has 0 unspecified atom stereocenters. The molecule has 0 fully saturated rings. The molecule has 0 radical (unpaired) electrons. The van der Waals surface area contributed by atoms with Crippen molar-refractivity contribution in [2.24, 2.45) is 0 Å². The topological polar surface area (TPSA) is 77.1 Å². The van der Waals surface area contributed by atoms with Crippen LogP contribution in [0.15, 0.2) is 44.9 Å². The molecule has 3 aromatic rings. The number of aromatic nitrogens is 2. The highest BCUT2D eigenvalue weighted by Gasteiger charge is 2.13. The molecule has 0 atom stereocenters. The van der Waals surface area contributed by atoms with E-state index < -0.39 is 17.5 Å². The second kappa shape index (κ2) is 6.98. The Hall–Kier alpha value is -2.45. The lowest BCUT2D eigenvalue weighted by Gasteiger charge is -2.06. The van der Waals surface area contributed by atoms with Crippen molar-refractivity contribution in [2.75, 3.05) is 5.32 Å². The number of aryl methyl sites for hydroxylation is 1. The van der Waals surface area contributed by atoms with Crippen molar-refractivity contribution in [2.45, 2.75) is 13.0 Å². The monoisotopic (exact) mass is 367 g/mol. The van der Waals surface area contributed by atoms with Gasteiger partial charge in [0.15, 0.2) is 5.82 Å². The van der Waals surface area contributed by atoms with E-state index in [2.05, 4.69) is 10.4 Å². The van der Waals surface area contributed by atoms with Crippen molar-refractivity contribution in [3.63, 3.8) is 0 Å². The smallest absolute Gasteiger partial charge is 0.387 e. The largest absolute Gasteiger partial charge is 0.437 e. The van der Waals surface area contributed by atoms with Crippen molar-refractivity contribution in [1.82, 2.24) is 9.78 Å². The lowest BCUT2D eigenvalue weighted by molar-refractivity contribution is -0.116.